The summed E-state index contributed by atoms with van der Waals surface area (Å²) in [6, 6.07) is 0.378. The Bertz CT molecular complexity index is 126. The van der Waals surface area contributed by atoms with Gasteiger partial charge in [-0.3, -0.25) is 0 Å². The maximum atomic E-state index is 6.72. The fraction of sp³-hybridized carbons (Fsp3) is 0.750. The summed E-state index contributed by atoms with van der Waals surface area (Å²) in [5, 5.41) is 6.25. The summed E-state index contributed by atoms with van der Waals surface area (Å²) in [6.45, 7) is 11.5. The zero-order valence-corrected chi connectivity index (χ0v) is 6.01. The highest BCUT2D eigenvalue weighted by Gasteiger charge is 2.15. The standard InChI is InChI=1S/C7H11N.CN/c1-8-7-5-3-2-4-6-7;1-2/h7H,2-6H2;/q;-1. The van der Waals surface area contributed by atoms with Crippen LogP contribution in [0.4, 0.5) is 0 Å². The van der Waals surface area contributed by atoms with Crippen molar-refractivity contribution in [3.05, 3.63) is 18.0 Å². The van der Waals surface area contributed by atoms with Crippen LogP contribution in [0.3, 0.4) is 0 Å². The van der Waals surface area contributed by atoms with E-state index in [1.54, 1.807) is 0 Å². The zero-order valence-electron chi connectivity index (χ0n) is 6.01. The molecule has 0 bridgehead atoms. The van der Waals surface area contributed by atoms with E-state index in [1.165, 1.54) is 19.3 Å². The van der Waals surface area contributed by atoms with E-state index >= 15 is 0 Å². The van der Waals surface area contributed by atoms with Gasteiger partial charge in [-0.1, -0.05) is 6.42 Å². The van der Waals surface area contributed by atoms with Crippen LogP contribution in [0.25, 0.3) is 4.85 Å². The average molecular weight is 135 g/mol. The van der Waals surface area contributed by atoms with E-state index in [4.69, 9.17) is 18.4 Å². The Balaban J connectivity index is 0.000000371. The summed E-state index contributed by atoms with van der Waals surface area (Å²) in [5.74, 6) is 0. The molecule has 0 heterocycles. The highest BCUT2D eigenvalue weighted by atomic mass is 14.7. The lowest BCUT2D eigenvalue weighted by atomic mass is 9.96. The first kappa shape index (κ1) is 8.98. The van der Waals surface area contributed by atoms with E-state index in [1.807, 2.05) is 0 Å². The molecule has 2 heteroatoms. The van der Waals surface area contributed by atoms with Crippen molar-refractivity contribution in [3.63, 3.8) is 0 Å². The molecule has 0 aromatic carbocycles. The summed E-state index contributed by atoms with van der Waals surface area (Å²) in [5.41, 5.74) is 0. The van der Waals surface area contributed by atoms with Crippen molar-refractivity contribution < 1.29 is 0 Å². The molecule has 0 unspecified atom stereocenters. The van der Waals surface area contributed by atoms with Crippen molar-refractivity contribution in [2.75, 3.05) is 0 Å². The first-order valence-corrected chi connectivity index (χ1v) is 3.52. The molecule has 1 aliphatic rings. The molecule has 0 aliphatic heterocycles. The highest BCUT2D eigenvalue weighted by Crippen LogP contribution is 2.19. The van der Waals surface area contributed by atoms with E-state index in [9.17, 15) is 0 Å². The molecular weight excluding hydrogens is 124 g/mol. The number of rotatable bonds is 0. The normalized spacial score (nSPS) is 18.1. The van der Waals surface area contributed by atoms with Crippen molar-refractivity contribution in [1.29, 1.82) is 5.26 Å². The molecule has 0 spiro atoms. The van der Waals surface area contributed by atoms with Crippen LogP contribution < -0.4 is 0 Å². The topological polar surface area (TPSA) is 28.1 Å². The van der Waals surface area contributed by atoms with Gasteiger partial charge in [-0.2, -0.15) is 0 Å². The van der Waals surface area contributed by atoms with Gasteiger partial charge in [-0.15, -0.1) is 0 Å². The van der Waals surface area contributed by atoms with Crippen LogP contribution in [-0.4, -0.2) is 6.04 Å². The Morgan fingerprint density at radius 1 is 1.10 bits per heavy atom. The monoisotopic (exact) mass is 135 g/mol. The molecule has 54 valence electrons. The smallest absolute Gasteiger partial charge is 0.223 e. The maximum Gasteiger partial charge on any atom is 0.223 e. The molecule has 10 heavy (non-hydrogen) atoms. The largest absolute Gasteiger partial charge is 0.512 e. The van der Waals surface area contributed by atoms with Crippen LogP contribution in [0.2, 0.25) is 0 Å². The van der Waals surface area contributed by atoms with Crippen LogP contribution in [0, 0.1) is 18.4 Å². The van der Waals surface area contributed by atoms with Crippen molar-refractivity contribution in [2.45, 2.75) is 38.1 Å². The van der Waals surface area contributed by atoms with E-state index in [0.717, 1.165) is 12.8 Å². The second-order valence-corrected chi connectivity index (χ2v) is 2.42. The van der Waals surface area contributed by atoms with E-state index < -0.39 is 0 Å². The van der Waals surface area contributed by atoms with Gasteiger partial charge in [-0.25, -0.2) is 6.57 Å². The second kappa shape index (κ2) is 6.11. The number of hydrogen-bond donors (Lipinski definition) is 0. The Hall–Kier alpha value is -1.02. The summed E-state index contributed by atoms with van der Waals surface area (Å²) in [7, 11) is 0. The minimum Gasteiger partial charge on any atom is -0.512 e. The maximum absolute atomic E-state index is 6.72. The Kier molecular flexibility index (Phi) is 5.48. The predicted molar refractivity (Wildman–Crippen MR) is 38.4 cm³/mol. The van der Waals surface area contributed by atoms with E-state index in [2.05, 4.69) is 4.85 Å². The van der Waals surface area contributed by atoms with E-state index in [-0.39, 0.29) is 0 Å². The van der Waals surface area contributed by atoms with Gasteiger partial charge in [0.1, 0.15) is 0 Å². The van der Waals surface area contributed by atoms with Crippen LogP contribution in [0.5, 0.6) is 0 Å². The third-order valence-electron chi connectivity index (χ3n) is 1.76. The lowest BCUT2D eigenvalue weighted by molar-refractivity contribution is 0.480. The summed E-state index contributed by atoms with van der Waals surface area (Å²) in [6.07, 6.45) is 6.24. The van der Waals surface area contributed by atoms with Gasteiger partial charge in [-0.05, 0) is 12.8 Å². The lowest BCUT2D eigenvalue weighted by Crippen LogP contribution is -2.06. The number of nitrogens with zero attached hydrogens (tertiary/aromatic N) is 2. The molecule has 0 amide bonds. The molecule has 0 aromatic rings. The third kappa shape index (κ3) is 3.10. The van der Waals surface area contributed by atoms with Crippen molar-refractivity contribution in [1.82, 2.24) is 0 Å². The third-order valence-corrected chi connectivity index (χ3v) is 1.76. The van der Waals surface area contributed by atoms with Crippen LogP contribution in [0.1, 0.15) is 32.1 Å². The molecule has 0 N–H and O–H groups in total. The number of hydrogen-bond acceptors (Lipinski definition) is 1. The lowest BCUT2D eigenvalue weighted by Gasteiger charge is -2.09. The average Bonchev–Trinajstić information content (AvgIpc) is 2.10. The summed E-state index contributed by atoms with van der Waals surface area (Å²) >= 11 is 0. The molecule has 0 aromatic heterocycles. The molecular formula is C8H11N2-. The van der Waals surface area contributed by atoms with Gasteiger partial charge in [0.15, 0.2) is 0 Å². The molecule has 1 saturated carbocycles. The summed E-state index contributed by atoms with van der Waals surface area (Å²) in [4.78, 5) is 3.50. The van der Waals surface area contributed by atoms with Crippen LogP contribution in [-0.2, 0) is 0 Å². The first-order valence-electron chi connectivity index (χ1n) is 3.52. The molecule has 0 atom stereocenters. The highest BCUT2D eigenvalue weighted by molar-refractivity contribution is 4.80. The fourth-order valence-electron chi connectivity index (χ4n) is 1.21. The van der Waals surface area contributed by atoms with Crippen LogP contribution >= 0.6 is 0 Å². The fourth-order valence-corrected chi connectivity index (χ4v) is 1.21. The van der Waals surface area contributed by atoms with Crippen molar-refractivity contribution >= 4 is 0 Å². The van der Waals surface area contributed by atoms with Gasteiger partial charge >= 0.3 is 0 Å². The quantitative estimate of drug-likeness (QED) is 0.468. The zero-order chi connectivity index (χ0) is 7.82. The van der Waals surface area contributed by atoms with E-state index in [0.29, 0.717) is 6.04 Å². The van der Waals surface area contributed by atoms with Crippen LogP contribution in [0.15, 0.2) is 0 Å². The Labute approximate surface area is 62.3 Å². The van der Waals surface area contributed by atoms with Gasteiger partial charge in [0, 0.05) is 12.8 Å². The van der Waals surface area contributed by atoms with Crippen molar-refractivity contribution in [3.8, 4) is 0 Å². The SMILES string of the molecule is [C-]#N.[C-]#[N+]C1CCCCC1. The predicted octanol–water partition coefficient (Wildman–Crippen LogP) is 2.33. The van der Waals surface area contributed by atoms with Gasteiger partial charge < -0.3 is 16.7 Å². The van der Waals surface area contributed by atoms with Gasteiger partial charge in [0.25, 0.3) is 0 Å². The second-order valence-electron chi connectivity index (χ2n) is 2.42. The first-order chi connectivity index (χ1) is 4.93. The molecule has 2 nitrogen and oxygen atoms in total. The molecule has 1 aliphatic carbocycles. The Morgan fingerprint density at radius 2 is 1.60 bits per heavy atom. The van der Waals surface area contributed by atoms with Crippen molar-refractivity contribution in [2.24, 2.45) is 0 Å². The molecule has 0 radical (unpaired) electrons. The molecule has 1 rings (SSSR count). The van der Waals surface area contributed by atoms with Gasteiger partial charge in [0.2, 0.25) is 6.04 Å². The summed E-state index contributed by atoms with van der Waals surface area (Å²) < 4.78 is 0. The Morgan fingerprint density at radius 3 is 1.90 bits per heavy atom. The molecule has 0 saturated heterocycles. The minimum absolute atomic E-state index is 0.378. The molecule has 1 fully saturated rings. The minimum atomic E-state index is 0.378. The van der Waals surface area contributed by atoms with Gasteiger partial charge in [0.05, 0.1) is 0 Å².